The number of hydrogen-bond acceptors (Lipinski definition) is 1. The van der Waals surface area contributed by atoms with Crippen LogP contribution < -0.4 is 5.32 Å². The van der Waals surface area contributed by atoms with Crippen LogP contribution in [0.1, 0.15) is 40.5 Å². The second-order valence-corrected chi connectivity index (χ2v) is 5.08. The SMILES string of the molecule is CNC(C1CC1)C(C)(C)C(C)C. The Bertz CT molecular complexity index is 145. The molecule has 1 atom stereocenters. The Morgan fingerprint density at radius 1 is 1.25 bits per heavy atom. The van der Waals surface area contributed by atoms with Gasteiger partial charge < -0.3 is 5.32 Å². The number of nitrogens with one attached hydrogen (secondary N) is 1. The second-order valence-electron chi connectivity index (χ2n) is 5.08. The van der Waals surface area contributed by atoms with E-state index < -0.39 is 0 Å². The van der Waals surface area contributed by atoms with Crippen LogP contribution >= 0.6 is 0 Å². The van der Waals surface area contributed by atoms with Crippen LogP contribution in [0, 0.1) is 17.3 Å². The van der Waals surface area contributed by atoms with Gasteiger partial charge in [0.05, 0.1) is 0 Å². The first kappa shape index (κ1) is 10.0. The van der Waals surface area contributed by atoms with Crippen LogP contribution in [0.3, 0.4) is 0 Å². The summed E-state index contributed by atoms with van der Waals surface area (Å²) >= 11 is 0. The van der Waals surface area contributed by atoms with Crippen LogP contribution in [0.2, 0.25) is 0 Å². The van der Waals surface area contributed by atoms with Crippen LogP contribution in [0.15, 0.2) is 0 Å². The first-order valence-electron chi connectivity index (χ1n) is 5.17. The van der Waals surface area contributed by atoms with Crippen molar-refractivity contribution >= 4 is 0 Å². The van der Waals surface area contributed by atoms with Gasteiger partial charge in [0.15, 0.2) is 0 Å². The fourth-order valence-electron chi connectivity index (χ4n) is 2.00. The Labute approximate surface area is 76.9 Å². The first-order valence-corrected chi connectivity index (χ1v) is 5.17. The standard InChI is InChI=1S/C11H23N/c1-8(2)11(3,4)10(12-5)9-6-7-9/h8-10,12H,6-7H2,1-5H3. The summed E-state index contributed by atoms with van der Waals surface area (Å²) in [6.45, 7) is 9.42. The predicted octanol–water partition coefficient (Wildman–Crippen LogP) is 2.67. The Morgan fingerprint density at radius 3 is 2.00 bits per heavy atom. The molecule has 0 aromatic rings. The lowest BCUT2D eigenvalue weighted by atomic mass is 9.73. The minimum Gasteiger partial charge on any atom is -0.316 e. The van der Waals surface area contributed by atoms with Gasteiger partial charge in [-0.1, -0.05) is 27.7 Å². The van der Waals surface area contributed by atoms with Crippen molar-refractivity contribution in [2.45, 2.75) is 46.6 Å². The molecule has 0 aromatic heterocycles. The summed E-state index contributed by atoms with van der Waals surface area (Å²) in [7, 11) is 2.10. The molecule has 0 aliphatic heterocycles. The topological polar surface area (TPSA) is 12.0 Å². The lowest BCUT2D eigenvalue weighted by molar-refractivity contribution is 0.154. The molecule has 0 spiro atoms. The van der Waals surface area contributed by atoms with E-state index in [-0.39, 0.29) is 0 Å². The van der Waals surface area contributed by atoms with E-state index in [2.05, 4.69) is 40.1 Å². The van der Waals surface area contributed by atoms with Crippen molar-refractivity contribution in [3.63, 3.8) is 0 Å². The van der Waals surface area contributed by atoms with E-state index in [9.17, 15) is 0 Å². The minimum atomic E-state index is 0.440. The van der Waals surface area contributed by atoms with Gasteiger partial charge >= 0.3 is 0 Å². The fraction of sp³-hybridized carbons (Fsp3) is 1.00. The monoisotopic (exact) mass is 169 g/mol. The molecule has 1 fully saturated rings. The summed E-state index contributed by atoms with van der Waals surface area (Å²) in [6, 6.07) is 0.720. The molecule has 72 valence electrons. The smallest absolute Gasteiger partial charge is 0.0146 e. The summed E-state index contributed by atoms with van der Waals surface area (Å²) in [4.78, 5) is 0. The van der Waals surface area contributed by atoms with Crippen molar-refractivity contribution in [2.75, 3.05) is 7.05 Å². The Balaban J connectivity index is 2.61. The molecule has 1 rings (SSSR count). The lowest BCUT2D eigenvalue weighted by Crippen LogP contribution is -2.44. The molecule has 0 aromatic carbocycles. The van der Waals surface area contributed by atoms with Gasteiger partial charge in [0.2, 0.25) is 0 Å². The van der Waals surface area contributed by atoms with E-state index in [0.29, 0.717) is 5.41 Å². The average molecular weight is 169 g/mol. The van der Waals surface area contributed by atoms with Crippen molar-refractivity contribution in [1.82, 2.24) is 5.32 Å². The van der Waals surface area contributed by atoms with E-state index >= 15 is 0 Å². The maximum Gasteiger partial charge on any atom is 0.0146 e. The maximum absolute atomic E-state index is 3.49. The summed E-state index contributed by atoms with van der Waals surface area (Å²) in [6.07, 6.45) is 2.86. The van der Waals surface area contributed by atoms with Gasteiger partial charge in [0, 0.05) is 6.04 Å². The van der Waals surface area contributed by atoms with E-state index in [0.717, 1.165) is 17.9 Å². The summed E-state index contributed by atoms with van der Waals surface area (Å²) in [5, 5.41) is 3.49. The summed E-state index contributed by atoms with van der Waals surface area (Å²) in [5.74, 6) is 1.71. The molecule has 0 saturated heterocycles. The molecule has 0 heterocycles. The third-order valence-corrected chi connectivity index (χ3v) is 3.69. The highest BCUT2D eigenvalue weighted by Gasteiger charge is 2.41. The minimum absolute atomic E-state index is 0.440. The average Bonchev–Trinajstić information content (AvgIpc) is 2.72. The third-order valence-electron chi connectivity index (χ3n) is 3.69. The van der Waals surface area contributed by atoms with Gasteiger partial charge in [-0.2, -0.15) is 0 Å². The van der Waals surface area contributed by atoms with Gasteiger partial charge in [-0.15, -0.1) is 0 Å². The zero-order valence-electron chi connectivity index (χ0n) is 9.15. The number of hydrogen-bond donors (Lipinski definition) is 1. The Kier molecular flexibility index (Phi) is 2.82. The molecular formula is C11H23N. The van der Waals surface area contributed by atoms with E-state index in [1.165, 1.54) is 12.8 Å². The third kappa shape index (κ3) is 1.82. The molecule has 1 nitrogen and oxygen atoms in total. The molecule has 0 amide bonds. The summed E-state index contributed by atoms with van der Waals surface area (Å²) < 4.78 is 0. The molecule has 1 N–H and O–H groups in total. The van der Waals surface area contributed by atoms with Crippen LogP contribution in [0.4, 0.5) is 0 Å². The van der Waals surface area contributed by atoms with Crippen LogP contribution in [0.5, 0.6) is 0 Å². The van der Waals surface area contributed by atoms with Crippen molar-refractivity contribution in [1.29, 1.82) is 0 Å². The number of rotatable bonds is 4. The van der Waals surface area contributed by atoms with Gasteiger partial charge in [0.25, 0.3) is 0 Å². The van der Waals surface area contributed by atoms with Crippen LogP contribution in [-0.4, -0.2) is 13.1 Å². The van der Waals surface area contributed by atoms with E-state index in [4.69, 9.17) is 0 Å². The highest BCUT2D eigenvalue weighted by Crippen LogP contribution is 2.43. The fourth-order valence-corrected chi connectivity index (χ4v) is 2.00. The van der Waals surface area contributed by atoms with E-state index in [1.54, 1.807) is 0 Å². The van der Waals surface area contributed by atoms with Crippen LogP contribution in [0.25, 0.3) is 0 Å². The van der Waals surface area contributed by atoms with Gasteiger partial charge in [0.1, 0.15) is 0 Å². The first-order chi connectivity index (χ1) is 5.50. The van der Waals surface area contributed by atoms with Gasteiger partial charge in [-0.05, 0) is 37.1 Å². The van der Waals surface area contributed by atoms with Crippen molar-refractivity contribution in [3.05, 3.63) is 0 Å². The zero-order valence-corrected chi connectivity index (χ0v) is 9.15. The van der Waals surface area contributed by atoms with E-state index in [1.807, 2.05) is 0 Å². The molecule has 0 bridgehead atoms. The van der Waals surface area contributed by atoms with Crippen molar-refractivity contribution < 1.29 is 0 Å². The molecule has 1 aliphatic rings. The van der Waals surface area contributed by atoms with Gasteiger partial charge in [-0.3, -0.25) is 0 Å². The summed E-state index contributed by atoms with van der Waals surface area (Å²) in [5.41, 5.74) is 0.440. The highest BCUT2D eigenvalue weighted by atomic mass is 14.9. The lowest BCUT2D eigenvalue weighted by Gasteiger charge is -2.38. The Morgan fingerprint density at radius 2 is 1.75 bits per heavy atom. The molecule has 1 saturated carbocycles. The normalized spacial score (nSPS) is 21.5. The largest absolute Gasteiger partial charge is 0.316 e. The quantitative estimate of drug-likeness (QED) is 0.682. The zero-order chi connectivity index (χ0) is 9.35. The van der Waals surface area contributed by atoms with Crippen molar-refractivity contribution in [3.8, 4) is 0 Å². The predicted molar refractivity (Wildman–Crippen MR) is 54.2 cm³/mol. The van der Waals surface area contributed by atoms with Crippen molar-refractivity contribution in [2.24, 2.45) is 17.3 Å². The maximum atomic E-state index is 3.49. The molecule has 1 heteroatoms. The van der Waals surface area contributed by atoms with Crippen LogP contribution in [-0.2, 0) is 0 Å². The van der Waals surface area contributed by atoms with Gasteiger partial charge in [-0.25, -0.2) is 0 Å². The molecule has 12 heavy (non-hydrogen) atoms. The second kappa shape index (κ2) is 3.37. The Hall–Kier alpha value is -0.0400. The molecule has 0 radical (unpaired) electrons. The molecular weight excluding hydrogens is 146 g/mol. The molecule has 1 aliphatic carbocycles. The highest BCUT2D eigenvalue weighted by molar-refractivity contribution is 4.95. The molecule has 1 unspecified atom stereocenters.